The summed E-state index contributed by atoms with van der Waals surface area (Å²) in [6.45, 7) is 3.56. The lowest BCUT2D eigenvalue weighted by Crippen LogP contribution is -2.30. The summed E-state index contributed by atoms with van der Waals surface area (Å²) in [4.78, 5) is 12.7. The molecular formula is C12H15ClN2O2. The standard InChI is InChI=1S/C12H15ClN2O2/c1-8-5-9(13)6-10-12(8)14-3-2-4-15(10)7-11(16)17/h5-6,14H,2-4,7H2,1H3,(H,16,17). The summed E-state index contributed by atoms with van der Waals surface area (Å²) >= 11 is 6.04. The molecule has 0 fully saturated rings. The molecule has 5 heteroatoms. The van der Waals surface area contributed by atoms with Gasteiger partial charge in [-0.25, -0.2) is 0 Å². The number of fused-ring (bicyclic) bond motifs is 1. The summed E-state index contributed by atoms with van der Waals surface area (Å²) in [6.07, 6.45) is 0.916. The minimum atomic E-state index is -0.824. The van der Waals surface area contributed by atoms with Crippen molar-refractivity contribution in [2.24, 2.45) is 0 Å². The third kappa shape index (κ3) is 2.64. The number of nitrogens with one attached hydrogen (secondary N) is 1. The van der Waals surface area contributed by atoms with Crippen molar-refractivity contribution in [3.8, 4) is 0 Å². The number of benzene rings is 1. The molecule has 1 aromatic carbocycles. The lowest BCUT2D eigenvalue weighted by Gasteiger charge is -2.23. The summed E-state index contributed by atoms with van der Waals surface area (Å²) < 4.78 is 0. The molecular weight excluding hydrogens is 240 g/mol. The van der Waals surface area contributed by atoms with Gasteiger partial charge in [0.2, 0.25) is 0 Å². The van der Waals surface area contributed by atoms with E-state index in [9.17, 15) is 4.79 Å². The predicted molar refractivity (Wildman–Crippen MR) is 69.1 cm³/mol. The molecule has 92 valence electrons. The first-order chi connectivity index (χ1) is 8.08. The molecule has 2 N–H and O–H groups in total. The molecule has 0 saturated carbocycles. The lowest BCUT2D eigenvalue weighted by molar-refractivity contribution is -0.135. The summed E-state index contributed by atoms with van der Waals surface area (Å²) in [5.41, 5.74) is 2.92. The van der Waals surface area contributed by atoms with Gasteiger partial charge in [0.1, 0.15) is 6.54 Å². The first-order valence-electron chi connectivity index (χ1n) is 5.58. The minimum absolute atomic E-state index is 0.00840. The monoisotopic (exact) mass is 254 g/mol. The maximum atomic E-state index is 10.9. The number of hydrogen-bond acceptors (Lipinski definition) is 3. The molecule has 1 aromatic rings. The van der Waals surface area contributed by atoms with E-state index in [2.05, 4.69) is 5.32 Å². The maximum Gasteiger partial charge on any atom is 0.323 e. The second kappa shape index (κ2) is 4.84. The van der Waals surface area contributed by atoms with Crippen LogP contribution in [0, 0.1) is 6.92 Å². The Morgan fingerprint density at radius 2 is 2.35 bits per heavy atom. The highest BCUT2D eigenvalue weighted by Crippen LogP contribution is 2.34. The Balaban J connectivity index is 2.43. The van der Waals surface area contributed by atoms with E-state index in [4.69, 9.17) is 16.7 Å². The third-order valence-electron chi connectivity index (χ3n) is 2.85. The number of rotatable bonds is 2. The fourth-order valence-corrected chi connectivity index (χ4v) is 2.40. The summed E-state index contributed by atoms with van der Waals surface area (Å²) in [5, 5.41) is 12.9. The molecule has 17 heavy (non-hydrogen) atoms. The number of carboxylic acids is 1. The van der Waals surface area contributed by atoms with Crippen LogP contribution in [0.5, 0.6) is 0 Å². The van der Waals surface area contributed by atoms with Gasteiger partial charge < -0.3 is 15.3 Å². The zero-order chi connectivity index (χ0) is 12.4. The van der Waals surface area contributed by atoms with Gasteiger partial charge in [-0.05, 0) is 31.0 Å². The largest absolute Gasteiger partial charge is 0.480 e. The summed E-state index contributed by atoms with van der Waals surface area (Å²) in [6, 6.07) is 3.71. The molecule has 0 saturated heterocycles. The second-order valence-corrected chi connectivity index (χ2v) is 4.65. The SMILES string of the molecule is Cc1cc(Cl)cc2c1NCCCN2CC(=O)O. The molecule has 1 heterocycles. The molecule has 0 amide bonds. The lowest BCUT2D eigenvalue weighted by atomic mass is 10.1. The minimum Gasteiger partial charge on any atom is -0.480 e. The molecule has 0 radical (unpaired) electrons. The Morgan fingerprint density at radius 1 is 1.59 bits per heavy atom. The van der Waals surface area contributed by atoms with E-state index in [1.54, 1.807) is 0 Å². The Bertz CT molecular complexity index is 448. The van der Waals surface area contributed by atoms with Crippen LogP contribution in [0.3, 0.4) is 0 Å². The highest BCUT2D eigenvalue weighted by Gasteiger charge is 2.19. The highest BCUT2D eigenvalue weighted by atomic mass is 35.5. The number of nitrogens with zero attached hydrogens (tertiary/aromatic N) is 1. The van der Waals surface area contributed by atoms with Crippen molar-refractivity contribution in [2.45, 2.75) is 13.3 Å². The van der Waals surface area contributed by atoms with Crippen LogP contribution < -0.4 is 10.2 Å². The van der Waals surface area contributed by atoms with Crippen molar-refractivity contribution in [2.75, 3.05) is 29.9 Å². The molecule has 1 aliphatic heterocycles. The van der Waals surface area contributed by atoms with Crippen LogP contribution >= 0.6 is 11.6 Å². The first-order valence-corrected chi connectivity index (χ1v) is 5.96. The van der Waals surface area contributed by atoms with Gasteiger partial charge in [0, 0.05) is 18.1 Å². The van der Waals surface area contributed by atoms with E-state index < -0.39 is 5.97 Å². The highest BCUT2D eigenvalue weighted by molar-refractivity contribution is 6.31. The van der Waals surface area contributed by atoms with Crippen LogP contribution in [0.2, 0.25) is 5.02 Å². The normalized spacial score (nSPS) is 14.8. The fraction of sp³-hybridized carbons (Fsp3) is 0.417. The number of aryl methyl sites for hydroxylation is 1. The smallest absolute Gasteiger partial charge is 0.323 e. The van der Waals surface area contributed by atoms with E-state index in [0.717, 1.165) is 36.4 Å². The van der Waals surface area contributed by atoms with Crippen molar-refractivity contribution < 1.29 is 9.90 Å². The van der Waals surface area contributed by atoms with Gasteiger partial charge >= 0.3 is 5.97 Å². The van der Waals surface area contributed by atoms with Crippen molar-refractivity contribution in [3.05, 3.63) is 22.7 Å². The second-order valence-electron chi connectivity index (χ2n) is 4.21. The zero-order valence-corrected chi connectivity index (χ0v) is 10.4. The number of aliphatic carboxylic acids is 1. The molecule has 0 bridgehead atoms. The van der Waals surface area contributed by atoms with Crippen LogP contribution in [0.4, 0.5) is 11.4 Å². The Labute approximate surface area is 105 Å². The van der Waals surface area contributed by atoms with Crippen LogP contribution in [0.1, 0.15) is 12.0 Å². The molecule has 0 aliphatic carbocycles. The Hall–Kier alpha value is -1.42. The number of carboxylic acid groups (broad SMARTS) is 1. The average Bonchev–Trinajstić information content (AvgIpc) is 2.41. The molecule has 0 unspecified atom stereocenters. The van der Waals surface area contributed by atoms with Gasteiger partial charge in [0.25, 0.3) is 0 Å². The van der Waals surface area contributed by atoms with Crippen molar-refractivity contribution in [3.63, 3.8) is 0 Å². The number of halogens is 1. The van der Waals surface area contributed by atoms with Gasteiger partial charge in [0.15, 0.2) is 0 Å². The molecule has 4 nitrogen and oxygen atoms in total. The number of anilines is 2. The van der Waals surface area contributed by atoms with E-state index in [1.165, 1.54) is 0 Å². The molecule has 0 atom stereocenters. The topological polar surface area (TPSA) is 52.6 Å². The molecule has 2 rings (SSSR count). The van der Waals surface area contributed by atoms with Crippen molar-refractivity contribution in [1.29, 1.82) is 0 Å². The van der Waals surface area contributed by atoms with Crippen molar-refractivity contribution >= 4 is 28.9 Å². The molecule has 0 spiro atoms. The van der Waals surface area contributed by atoms with Gasteiger partial charge in [0.05, 0.1) is 11.4 Å². The van der Waals surface area contributed by atoms with Crippen LogP contribution in [-0.4, -0.2) is 30.7 Å². The van der Waals surface area contributed by atoms with Gasteiger partial charge in [-0.3, -0.25) is 4.79 Å². The van der Waals surface area contributed by atoms with E-state index in [1.807, 2.05) is 24.0 Å². The predicted octanol–water partition coefficient (Wildman–Crippen LogP) is 2.36. The van der Waals surface area contributed by atoms with Gasteiger partial charge in [-0.2, -0.15) is 0 Å². The number of hydrogen-bond donors (Lipinski definition) is 2. The quantitative estimate of drug-likeness (QED) is 0.851. The Morgan fingerprint density at radius 3 is 3.06 bits per heavy atom. The fourth-order valence-electron chi connectivity index (χ4n) is 2.14. The van der Waals surface area contributed by atoms with Crippen molar-refractivity contribution in [1.82, 2.24) is 0 Å². The summed E-state index contributed by atoms with van der Waals surface area (Å²) in [5.74, 6) is -0.824. The van der Waals surface area contributed by atoms with Gasteiger partial charge in [-0.15, -0.1) is 0 Å². The van der Waals surface area contributed by atoms with E-state index in [-0.39, 0.29) is 6.54 Å². The van der Waals surface area contributed by atoms with Crippen LogP contribution in [0.25, 0.3) is 0 Å². The maximum absolute atomic E-state index is 10.9. The first kappa shape index (κ1) is 12.0. The third-order valence-corrected chi connectivity index (χ3v) is 3.07. The molecule has 1 aliphatic rings. The average molecular weight is 255 g/mol. The van der Waals surface area contributed by atoms with E-state index in [0.29, 0.717) is 5.02 Å². The summed E-state index contributed by atoms with van der Waals surface area (Å²) in [7, 11) is 0. The van der Waals surface area contributed by atoms with Crippen LogP contribution in [0.15, 0.2) is 12.1 Å². The number of carbonyl (C=O) groups is 1. The van der Waals surface area contributed by atoms with Crippen LogP contribution in [-0.2, 0) is 4.79 Å². The van der Waals surface area contributed by atoms with E-state index >= 15 is 0 Å². The zero-order valence-electron chi connectivity index (χ0n) is 9.66. The van der Waals surface area contributed by atoms with Gasteiger partial charge in [-0.1, -0.05) is 11.6 Å². The molecule has 0 aromatic heterocycles. The Kier molecular flexibility index (Phi) is 3.43.